The van der Waals surface area contributed by atoms with Crippen molar-refractivity contribution >= 4 is 16.9 Å². The van der Waals surface area contributed by atoms with Crippen molar-refractivity contribution < 1.29 is 18.7 Å². The standard InChI is InChI=1S/C22H27NO5/c1-14(21(24)23-11-9-15(26-2)10-12-23)27-16-7-8-18-17-5-3-4-6-19(17)22(25)28-20(18)13-16/h7-8,13-15H,3-6,9-12H2,1-2H3. The van der Waals surface area contributed by atoms with Crippen LogP contribution in [0.4, 0.5) is 0 Å². The Morgan fingerprint density at radius 3 is 2.61 bits per heavy atom. The van der Waals surface area contributed by atoms with Gasteiger partial charge < -0.3 is 18.8 Å². The summed E-state index contributed by atoms with van der Waals surface area (Å²) in [6.45, 7) is 3.13. The Kier molecular flexibility index (Phi) is 5.40. The van der Waals surface area contributed by atoms with Gasteiger partial charge in [0.25, 0.3) is 5.91 Å². The molecule has 0 bridgehead atoms. The molecule has 2 aromatic rings. The van der Waals surface area contributed by atoms with E-state index in [1.807, 2.05) is 17.0 Å². The molecule has 1 aromatic heterocycles. The summed E-state index contributed by atoms with van der Waals surface area (Å²) in [6, 6.07) is 5.53. The summed E-state index contributed by atoms with van der Waals surface area (Å²) < 4.78 is 16.8. The zero-order chi connectivity index (χ0) is 19.7. The summed E-state index contributed by atoms with van der Waals surface area (Å²) in [6.07, 6.45) is 5.15. The van der Waals surface area contributed by atoms with Crippen LogP contribution in [0.1, 0.15) is 43.7 Å². The Balaban J connectivity index is 1.50. The van der Waals surface area contributed by atoms with E-state index in [0.717, 1.165) is 55.0 Å². The molecule has 1 aliphatic heterocycles. The second kappa shape index (κ2) is 7.95. The van der Waals surface area contributed by atoms with E-state index in [1.54, 1.807) is 20.1 Å². The van der Waals surface area contributed by atoms with Gasteiger partial charge in [-0.3, -0.25) is 4.79 Å². The summed E-state index contributed by atoms with van der Waals surface area (Å²) in [5, 5.41) is 0.974. The minimum absolute atomic E-state index is 0.0263. The highest BCUT2D eigenvalue weighted by atomic mass is 16.5. The molecule has 1 fully saturated rings. The number of piperidine rings is 1. The van der Waals surface area contributed by atoms with Crippen molar-refractivity contribution in [2.45, 2.75) is 57.7 Å². The van der Waals surface area contributed by atoms with Crippen molar-refractivity contribution in [1.82, 2.24) is 4.90 Å². The van der Waals surface area contributed by atoms with E-state index >= 15 is 0 Å². The van der Waals surface area contributed by atoms with Crippen molar-refractivity contribution in [3.05, 3.63) is 39.7 Å². The first kappa shape index (κ1) is 19.0. The van der Waals surface area contributed by atoms with E-state index in [-0.39, 0.29) is 17.6 Å². The van der Waals surface area contributed by atoms with Gasteiger partial charge >= 0.3 is 5.63 Å². The molecule has 150 valence electrons. The molecular weight excluding hydrogens is 358 g/mol. The quantitative estimate of drug-likeness (QED) is 0.757. The number of methoxy groups -OCH3 is 1. The van der Waals surface area contributed by atoms with E-state index in [9.17, 15) is 9.59 Å². The molecule has 1 amide bonds. The number of fused-ring (bicyclic) bond motifs is 3. The number of rotatable bonds is 4. The first-order chi connectivity index (χ1) is 13.6. The fourth-order valence-electron chi connectivity index (χ4n) is 4.32. The largest absolute Gasteiger partial charge is 0.481 e. The van der Waals surface area contributed by atoms with Gasteiger partial charge in [-0.1, -0.05) is 0 Å². The number of amides is 1. The molecule has 6 heteroatoms. The van der Waals surface area contributed by atoms with Gasteiger partial charge in [-0.05, 0) is 63.1 Å². The summed E-state index contributed by atoms with van der Waals surface area (Å²) in [4.78, 5) is 26.8. The molecule has 28 heavy (non-hydrogen) atoms. The van der Waals surface area contributed by atoms with Gasteiger partial charge in [0, 0.05) is 37.2 Å². The van der Waals surface area contributed by atoms with Crippen LogP contribution >= 0.6 is 0 Å². The molecule has 1 aliphatic carbocycles. The molecule has 1 saturated heterocycles. The van der Waals surface area contributed by atoms with Crippen LogP contribution < -0.4 is 10.4 Å². The normalized spacial score (nSPS) is 18.7. The maximum Gasteiger partial charge on any atom is 0.339 e. The van der Waals surface area contributed by atoms with Gasteiger partial charge in [0.1, 0.15) is 11.3 Å². The number of benzene rings is 1. The highest BCUT2D eigenvalue weighted by Crippen LogP contribution is 2.29. The van der Waals surface area contributed by atoms with Crippen molar-refractivity contribution in [3.63, 3.8) is 0 Å². The number of ether oxygens (including phenoxy) is 2. The van der Waals surface area contributed by atoms with Crippen molar-refractivity contribution in [3.8, 4) is 5.75 Å². The zero-order valence-corrected chi connectivity index (χ0v) is 16.5. The van der Waals surface area contributed by atoms with E-state index in [4.69, 9.17) is 13.9 Å². The Morgan fingerprint density at radius 2 is 1.89 bits per heavy atom. The van der Waals surface area contributed by atoms with Crippen LogP contribution in [0.2, 0.25) is 0 Å². The van der Waals surface area contributed by atoms with Crippen LogP contribution in [0.25, 0.3) is 11.0 Å². The third-order valence-corrected chi connectivity index (χ3v) is 5.94. The first-order valence-electron chi connectivity index (χ1n) is 10.1. The monoisotopic (exact) mass is 385 g/mol. The smallest absolute Gasteiger partial charge is 0.339 e. The second-order valence-corrected chi connectivity index (χ2v) is 7.73. The molecule has 6 nitrogen and oxygen atoms in total. The fourth-order valence-corrected chi connectivity index (χ4v) is 4.32. The molecule has 0 radical (unpaired) electrons. The summed E-state index contributed by atoms with van der Waals surface area (Å²) in [5.41, 5.74) is 2.21. The predicted octanol–water partition coefficient (Wildman–Crippen LogP) is 3.08. The lowest BCUT2D eigenvalue weighted by molar-refractivity contribution is -0.140. The van der Waals surface area contributed by atoms with Gasteiger partial charge in [0.15, 0.2) is 6.10 Å². The molecule has 0 spiro atoms. The van der Waals surface area contributed by atoms with E-state index in [0.29, 0.717) is 24.4 Å². The number of aryl methyl sites for hydroxylation is 1. The highest BCUT2D eigenvalue weighted by molar-refractivity contribution is 5.84. The predicted molar refractivity (Wildman–Crippen MR) is 106 cm³/mol. The lowest BCUT2D eigenvalue weighted by Crippen LogP contribution is -2.46. The SMILES string of the molecule is COC1CCN(C(=O)C(C)Oc2ccc3c4c(c(=O)oc3c2)CCCC4)CC1. The van der Waals surface area contributed by atoms with Crippen molar-refractivity contribution in [1.29, 1.82) is 0 Å². The zero-order valence-electron chi connectivity index (χ0n) is 16.5. The van der Waals surface area contributed by atoms with Crippen molar-refractivity contribution in [2.24, 2.45) is 0 Å². The molecule has 4 rings (SSSR count). The van der Waals surface area contributed by atoms with Crippen LogP contribution in [-0.2, 0) is 22.4 Å². The van der Waals surface area contributed by atoms with E-state index in [1.165, 1.54) is 0 Å². The van der Waals surface area contributed by atoms with Gasteiger partial charge in [0.2, 0.25) is 0 Å². The summed E-state index contributed by atoms with van der Waals surface area (Å²) >= 11 is 0. The lowest BCUT2D eigenvalue weighted by atomic mass is 9.91. The van der Waals surface area contributed by atoms with Crippen LogP contribution in [0.5, 0.6) is 5.75 Å². The van der Waals surface area contributed by atoms with E-state index in [2.05, 4.69) is 0 Å². The molecule has 1 aromatic carbocycles. The number of carbonyl (C=O) groups excluding carboxylic acids is 1. The van der Waals surface area contributed by atoms with Crippen LogP contribution in [0.15, 0.2) is 27.4 Å². The topological polar surface area (TPSA) is 69.0 Å². The first-order valence-corrected chi connectivity index (χ1v) is 10.1. The molecule has 2 heterocycles. The van der Waals surface area contributed by atoms with Gasteiger partial charge in [-0.2, -0.15) is 0 Å². The number of carbonyl (C=O) groups is 1. The average Bonchev–Trinajstić information content (AvgIpc) is 2.73. The van der Waals surface area contributed by atoms with Crippen LogP contribution in [0, 0.1) is 0 Å². The minimum atomic E-state index is -0.596. The number of nitrogens with zero attached hydrogens (tertiary/aromatic N) is 1. The summed E-state index contributed by atoms with van der Waals surface area (Å²) in [5.74, 6) is 0.514. The Hall–Kier alpha value is -2.34. The number of hydrogen-bond acceptors (Lipinski definition) is 5. The third kappa shape index (κ3) is 3.65. The molecule has 2 aliphatic rings. The Morgan fingerprint density at radius 1 is 1.18 bits per heavy atom. The van der Waals surface area contributed by atoms with Gasteiger partial charge in [0.05, 0.1) is 6.10 Å². The molecule has 1 unspecified atom stereocenters. The summed E-state index contributed by atoms with van der Waals surface area (Å²) in [7, 11) is 1.71. The van der Waals surface area contributed by atoms with E-state index < -0.39 is 6.10 Å². The minimum Gasteiger partial charge on any atom is -0.481 e. The Labute approximate surface area is 164 Å². The third-order valence-electron chi connectivity index (χ3n) is 5.94. The molecule has 0 N–H and O–H groups in total. The Bertz CT molecular complexity index is 926. The van der Waals surface area contributed by atoms with Gasteiger partial charge in [-0.25, -0.2) is 4.79 Å². The molecule has 1 atom stereocenters. The highest BCUT2D eigenvalue weighted by Gasteiger charge is 2.27. The number of likely N-dealkylation sites (tertiary alicyclic amines) is 1. The van der Waals surface area contributed by atoms with Crippen molar-refractivity contribution in [2.75, 3.05) is 20.2 Å². The van der Waals surface area contributed by atoms with Gasteiger partial charge in [-0.15, -0.1) is 0 Å². The fraction of sp³-hybridized carbons (Fsp3) is 0.545. The van der Waals surface area contributed by atoms with Crippen LogP contribution in [0.3, 0.4) is 0 Å². The lowest BCUT2D eigenvalue weighted by Gasteiger charge is -2.32. The second-order valence-electron chi connectivity index (χ2n) is 7.73. The maximum absolute atomic E-state index is 12.7. The van der Waals surface area contributed by atoms with Crippen LogP contribution in [-0.4, -0.2) is 43.2 Å². The average molecular weight is 385 g/mol. The number of hydrogen-bond donors (Lipinski definition) is 0. The maximum atomic E-state index is 12.7. The molecule has 0 saturated carbocycles. The molecular formula is C22H27NO5.